The third kappa shape index (κ3) is 4.56. The molecule has 0 bridgehead atoms. The van der Waals surface area contributed by atoms with Crippen molar-refractivity contribution in [3.8, 4) is 0 Å². The van der Waals surface area contributed by atoms with Gasteiger partial charge in [-0.15, -0.1) is 0 Å². The second-order valence-electron chi connectivity index (χ2n) is 5.45. The van der Waals surface area contributed by atoms with Crippen LogP contribution in [0.4, 0.5) is 0 Å². The zero-order chi connectivity index (χ0) is 15.2. The minimum Gasteiger partial charge on any atom is -0.478 e. The van der Waals surface area contributed by atoms with Gasteiger partial charge >= 0.3 is 5.97 Å². The lowest BCUT2D eigenvalue weighted by atomic mass is 9.95. The van der Waals surface area contributed by atoms with Crippen LogP contribution in [0.5, 0.6) is 0 Å². The van der Waals surface area contributed by atoms with Crippen molar-refractivity contribution in [2.24, 2.45) is 5.92 Å². The molecule has 1 saturated heterocycles. The molecule has 2 rings (SSSR count). The summed E-state index contributed by atoms with van der Waals surface area (Å²) in [4.78, 5) is 22.9. The molecule has 1 aliphatic heterocycles. The van der Waals surface area contributed by atoms with E-state index in [1.54, 1.807) is 18.2 Å². The highest BCUT2D eigenvalue weighted by atomic mass is 16.5. The second kappa shape index (κ2) is 7.22. The fourth-order valence-electron chi connectivity index (χ4n) is 2.57. The SMILES string of the molecule is C[C@H]1C[C@H](C(=O)NCCc2cccc(C(=O)O)c2)CCO1. The Balaban J connectivity index is 1.79. The quantitative estimate of drug-likeness (QED) is 0.868. The van der Waals surface area contributed by atoms with Gasteiger partial charge in [-0.1, -0.05) is 12.1 Å². The maximum Gasteiger partial charge on any atom is 0.335 e. The van der Waals surface area contributed by atoms with Crippen molar-refractivity contribution in [1.82, 2.24) is 5.32 Å². The summed E-state index contributed by atoms with van der Waals surface area (Å²) in [6.07, 6.45) is 2.30. The highest BCUT2D eigenvalue weighted by molar-refractivity contribution is 5.87. The predicted octanol–water partition coefficient (Wildman–Crippen LogP) is 1.86. The van der Waals surface area contributed by atoms with Gasteiger partial charge in [0.2, 0.25) is 5.91 Å². The number of carboxylic acid groups (broad SMARTS) is 1. The highest BCUT2D eigenvalue weighted by Crippen LogP contribution is 2.19. The van der Waals surface area contributed by atoms with Gasteiger partial charge in [-0.3, -0.25) is 4.79 Å². The van der Waals surface area contributed by atoms with Crippen LogP contribution in [0.3, 0.4) is 0 Å². The summed E-state index contributed by atoms with van der Waals surface area (Å²) < 4.78 is 5.43. The molecule has 2 N–H and O–H groups in total. The predicted molar refractivity (Wildman–Crippen MR) is 78.3 cm³/mol. The number of nitrogens with one attached hydrogen (secondary N) is 1. The lowest BCUT2D eigenvalue weighted by Crippen LogP contribution is -2.37. The maximum absolute atomic E-state index is 12.0. The largest absolute Gasteiger partial charge is 0.478 e. The van der Waals surface area contributed by atoms with E-state index in [-0.39, 0.29) is 23.5 Å². The van der Waals surface area contributed by atoms with E-state index in [0.29, 0.717) is 19.6 Å². The smallest absolute Gasteiger partial charge is 0.335 e. The molecule has 0 aromatic heterocycles. The van der Waals surface area contributed by atoms with E-state index in [1.165, 1.54) is 0 Å². The average molecular weight is 291 g/mol. The highest BCUT2D eigenvalue weighted by Gasteiger charge is 2.25. The molecular weight excluding hydrogens is 270 g/mol. The molecule has 114 valence electrons. The molecule has 2 atom stereocenters. The van der Waals surface area contributed by atoms with Crippen LogP contribution < -0.4 is 5.32 Å². The standard InChI is InChI=1S/C16H21NO4/c1-11-9-13(6-8-21-11)15(18)17-7-5-12-3-2-4-14(10-12)16(19)20/h2-4,10-11,13H,5-9H2,1H3,(H,17,18)(H,19,20)/t11-,13+/m0/s1. The Kier molecular flexibility index (Phi) is 5.33. The summed E-state index contributed by atoms with van der Waals surface area (Å²) in [6, 6.07) is 6.80. The van der Waals surface area contributed by atoms with Crippen molar-refractivity contribution < 1.29 is 19.4 Å². The van der Waals surface area contributed by atoms with Crippen LogP contribution in [-0.4, -0.2) is 36.2 Å². The molecule has 0 spiro atoms. The van der Waals surface area contributed by atoms with Gasteiger partial charge in [-0.05, 0) is 43.9 Å². The number of rotatable bonds is 5. The maximum atomic E-state index is 12.0. The minimum atomic E-state index is -0.933. The van der Waals surface area contributed by atoms with Crippen LogP contribution in [0.1, 0.15) is 35.7 Å². The van der Waals surface area contributed by atoms with Crippen LogP contribution in [0.2, 0.25) is 0 Å². The van der Waals surface area contributed by atoms with Gasteiger partial charge in [0.05, 0.1) is 11.7 Å². The van der Waals surface area contributed by atoms with Crippen molar-refractivity contribution in [2.45, 2.75) is 32.3 Å². The number of aromatic carboxylic acids is 1. The molecule has 1 amide bonds. The monoisotopic (exact) mass is 291 g/mol. The minimum absolute atomic E-state index is 0.0269. The topological polar surface area (TPSA) is 75.6 Å². The number of benzene rings is 1. The van der Waals surface area contributed by atoms with Crippen molar-refractivity contribution in [1.29, 1.82) is 0 Å². The lowest BCUT2D eigenvalue weighted by Gasteiger charge is -2.26. The van der Waals surface area contributed by atoms with E-state index >= 15 is 0 Å². The summed E-state index contributed by atoms with van der Waals surface area (Å²) in [5.41, 5.74) is 1.19. The zero-order valence-electron chi connectivity index (χ0n) is 12.2. The van der Waals surface area contributed by atoms with E-state index in [4.69, 9.17) is 9.84 Å². The average Bonchev–Trinajstić information content (AvgIpc) is 2.47. The second-order valence-corrected chi connectivity index (χ2v) is 5.45. The first kappa shape index (κ1) is 15.5. The Hall–Kier alpha value is -1.88. The molecule has 0 aliphatic carbocycles. The van der Waals surface area contributed by atoms with Gasteiger partial charge in [-0.25, -0.2) is 4.79 Å². The molecule has 5 nitrogen and oxygen atoms in total. The summed E-state index contributed by atoms with van der Waals surface area (Å²) in [5.74, 6) is -0.837. The van der Waals surface area contributed by atoms with Crippen molar-refractivity contribution in [2.75, 3.05) is 13.2 Å². The molecule has 1 aromatic carbocycles. The molecule has 0 unspecified atom stereocenters. The summed E-state index contributed by atoms with van der Waals surface area (Å²) in [6.45, 7) is 3.14. The van der Waals surface area contributed by atoms with Crippen LogP contribution >= 0.6 is 0 Å². The van der Waals surface area contributed by atoms with Gasteiger partial charge in [0, 0.05) is 19.1 Å². The molecule has 0 saturated carbocycles. The zero-order valence-corrected chi connectivity index (χ0v) is 12.2. The van der Waals surface area contributed by atoms with Crippen molar-refractivity contribution in [3.05, 3.63) is 35.4 Å². The van der Waals surface area contributed by atoms with E-state index in [1.807, 2.05) is 13.0 Å². The van der Waals surface area contributed by atoms with Gasteiger partial charge in [-0.2, -0.15) is 0 Å². The first-order chi connectivity index (χ1) is 10.1. The Bertz CT molecular complexity index is 515. The van der Waals surface area contributed by atoms with E-state index in [9.17, 15) is 9.59 Å². The number of carbonyl (C=O) groups excluding carboxylic acids is 1. The molecular formula is C16H21NO4. The normalized spacial score (nSPS) is 21.8. The number of hydrogen-bond acceptors (Lipinski definition) is 3. The molecule has 1 aliphatic rings. The Labute approximate surface area is 124 Å². The number of hydrogen-bond donors (Lipinski definition) is 2. The number of carboxylic acids is 1. The van der Waals surface area contributed by atoms with Crippen LogP contribution in [0, 0.1) is 5.92 Å². The van der Waals surface area contributed by atoms with Gasteiger partial charge in [0.25, 0.3) is 0 Å². The molecule has 0 radical (unpaired) electrons. The van der Waals surface area contributed by atoms with Crippen LogP contribution in [0.25, 0.3) is 0 Å². The lowest BCUT2D eigenvalue weighted by molar-refractivity contribution is -0.129. The van der Waals surface area contributed by atoms with Gasteiger partial charge in [0.15, 0.2) is 0 Å². The molecule has 1 heterocycles. The van der Waals surface area contributed by atoms with Crippen LogP contribution in [0.15, 0.2) is 24.3 Å². The van der Waals surface area contributed by atoms with Crippen LogP contribution in [-0.2, 0) is 16.0 Å². The number of carbonyl (C=O) groups is 2. The Morgan fingerprint density at radius 2 is 2.24 bits per heavy atom. The van der Waals surface area contributed by atoms with E-state index < -0.39 is 5.97 Å². The van der Waals surface area contributed by atoms with E-state index in [2.05, 4.69) is 5.32 Å². The molecule has 1 aromatic rings. The Morgan fingerprint density at radius 3 is 2.95 bits per heavy atom. The van der Waals surface area contributed by atoms with Crippen molar-refractivity contribution >= 4 is 11.9 Å². The van der Waals surface area contributed by atoms with E-state index in [0.717, 1.165) is 18.4 Å². The molecule has 21 heavy (non-hydrogen) atoms. The first-order valence-electron chi connectivity index (χ1n) is 7.28. The summed E-state index contributed by atoms with van der Waals surface area (Å²) >= 11 is 0. The fraction of sp³-hybridized carbons (Fsp3) is 0.500. The van der Waals surface area contributed by atoms with Gasteiger partial charge < -0.3 is 15.2 Å². The first-order valence-corrected chi connectivity index (χ1v) is 7.28. The summed E-state index contributed by atoms with van der Waals surface area (Å²) in [5, 5.41) is 11.9. The fourth-order valence-corrected chi connectivity index (χ4v) is 2.57. The Morgan fingerprint density at radius 1 is 1.43 bits per heavy atom. The van der Waals surface area contributed by atoms with Gasteiger partial charge in [0.1, 0.15) is 0 Å². The summed E-state index contributed by atoms with van der Waals surface area (Å²) in [7, 11) is 0. The number of amides is 1. The third-order valence-electron chi connectivity index (χ3n) is 3.74. The third-order valence-corrected chi connectivity index (χ3v) is 3.74. The number of ether oxygens (including phenoxy) is 1. The van der Waals surface area contributed by atoms with Crippen molar-refractivity contribution in [3.63, 3.8) is 0 Å². The molecule has 1 fully saturated rings. The molecule has 5 heteroatoms.